The third-order valence-corrected chi connectivity index (χ3v) is 6.73. The molecule has 2 aromatic carbocycles. The van der Waals surface area contributed by atoms with Crippen molar-refractivity contribution in [1.29, 1.82) is 0 Å². The van der Waals surface area contributed by atoms with Crippen LogP contribution in [0.3, 0.4) is 0 Å². The van der Waals surface area contributed by atoms with Gasteiger partial charge in [-0.15, -0.1) is 0 Å². The summed E-state index contributed by atoms with van der Waals surface area (Å²) in [5.41, 5.74) is 1.87. The SMILES string of the molecule is O=C(C(=O)N1CCN(C(=O)c2cccc(CN3C(=O)c4ccccc4C3=O)c2)CC1)N1CCOCC1. The molecule has 5 rings (SSSR count). The zero-order chi connectivity index (χ0) is 25.2. The van der Waals surface area contributed by atoms with Crippen molar-refractivity contribution in [1.82, 2.24) is 19.6 Å². The molecule has 0 spiro atoms. The van der Waals surface area contributed by atoms with Crippen LogP contribution in [-0.2, 0) is 20.9 Å². The van der Waals surface area contributed by atoms with Gasteiger partial charge in [-0.3, -0.25) is 28.9 Å². The molecule has 5 amide bonds. The third-order valence-electron chi connectivity index (χ3n) is 6.73. The Kier molecular flexibility index (Phi) is 6.51. The summed E-state index contributed by atoms with van der Waals surface area (Å²) < 4.78 is 5.23. The van der Waals surface area contributed by atoms with Crippen molar-refractivity contribution in [2.75, 3.05) is 52.5 Å². The summed E-state index contributed by atoms with van der Waals surface area (Å²) in [4.78, 5) is 69.4. The summed E-state index contributed by atoms with van der Waals surface area (Å²) in [7, 11) is 0. The van der Waals surface area contributed by atoms with Crippen molar-refractivity contribution in [2.45, 2.75) is 6.54 Å². The van der Waals surface area contributed by atoms with Crippen LogP contribution in [0.25, 0.3) is 0 Å². The molecule has 3 aliphatic rings. The van der Waals surface area contributed by atoms with E-state index in [1.54, 1.807) is 53.4 Å². The fraction of sp³-hybridized carbons (Fsp3) is 0.346. The smallest absolute Gasteiger partial charge is 0.312 e. The monoisotopic (exact) mass is 490 g/mol. The number of carbonyl (C=O) groups is 5. The molecule has 0 N–H and O–H groups in total. The van der Waals surface area contributed by atoms with E-state index >= 15 is 0 Å². The lowest BCUT2D eigenvalue weighted by atomic mass is 10.1. The van der Waals surface area contributed by atoms with Gasteiger partial charge in [0.05, 0.1) is 30.9 Å². The largest absolute Gasteiger partial charge is 0.378 e. The molecule has 2 aromatic rings. The van der Waals surface area contributed by atoms with E-state index in [2.05, 4.69) is 0 Å². The highest BCUT2D eigenvalue weighted by atomic mass is 16.5. The van der Waals surface area contributed by atoms with Gasteiger partial charge < -0.3 is 19.4 Å². The summed E-state index contributed by atoms with van der Waals surface area (Å²) in [6.07, 6.45) is 0. The number of fused-ring (bicyclic) bond motifs is 1. The fourth-order valence-electron chi connectivity index (χ4n) is 4.70. The van der Waals surface area contributed by atoms with Gasteiger partial charge >= 0.3 is 11.8 Å². The van der Waals surface area contributed by atoms with Gasteiger partial charge in [0, 0.05) is 44.8 Å². The quantitative estimate of drug-likeness (QED) is 0.461. The molecule has 0 bridgehead atoms. The second kappa shape index (κ2) is 9.90. The minimum Gasteiger partial charge on any atom is -0.378 e. The topological polar surface area (TPSA) is 108 Å². The van der Waals surface area contributed by atoms with Gasteiger partial charge in [0.2, 0.25) is 0 Å². The molecular formula is C26H26N4O6. The highest BCUT2D eigenvalue weighted by Gasteiger charge is 2.35. The van der Waals surface area contributed by atoms with E-state index in [1.165, 1.54) is 14.7 Å². The Morgan fingerprint density at radius 1 is 0.694 bits per heavy atom. The predicted octanol–water partition coefficient (Wildman–Crippen LogP) is 0.626. The van der Waals surface area contributed by atoms with Gasteiger partial charge in [0.15, 0.2) is 0 Å². The molecule has 0 aromatic heterocycles. The Bertz CT molecular complexity index is 1200. The molecule has 3 heterocycles. The van der Waals surface area contributed by atoms with Gasteiger partial charge in [-0.25, -0.2) is 0 Å². The average Bonchev–Trinajstić information content (AvgIpc) is 3.17. The molecule has 0 radical (unpaired) electrons. The van der Waals surface area contributed by atoms with Crippen molar-refractivity contribution in [3.8, 4) is 0 Å². The normalized spacial score (nSPS) is 17.9. The van der Waals surface area contributed by atoms with Crippen LogP contribution in [0.4, 0.5) is 0 Å². The number of morpholine rings is 1. The summed E-state index contributed by atoms with van der Waals surface area (Å²) in [6.45, 7) is 2.89. The fourth-order valence-corrected chi connectivity index (χ4v) is 4.70. The summed E-state index contributed by atoms with van der Waals surface area (Å²) in [5.74, 6) is -1.98. The minimum absolute atomic E-state index is 0.0688. The van der Waals surface area contributed by atoms with Gasteiger partial charge in [0.25, 0.3) is 17.7 Å². The summed E-state index contributed by atoms with van der Waals surface area (Å²) in [5, 5.41) is 0. The van der Waals surface area contributed by atoms with Crippen LogP contribution in [0.5, 0.6) is 0 Å². The Balaban J connectivity index is 1.19. The standard InChI is InChI=1S/C26H26N4O6/c31-22(27-8-10-28(11-9-27)25(34)26(35)29-12-14-36-15-13-29)19-5-3-4-18(16-19)17-30-23(32)20-6-1-2-7-21(20)24(30)33/h1-7,16H,8-15,17H2. The second-order valence-corrected chi connectivity index (χ2v) is 8.93. The van der Waals surface area contributed by atoms with E-state index in [4.69, 9.17) is 4.74 Å². The average molecular weight is 491 g/mol. The molecule has 0 saturated carbocycles. The molecule has 36 heavy (non-hydrogen) atoms. The summed E-state index contributed by atoms with van der Waals surface area (Å²) >= 11 is 0. The number of rotatable bonds is 3. The Hall–Kier alpha value is -4.05. The number of benzene rings is 2. The van der Waals surface area contributed by atoms with Crippen LogP contribution in [0.2, 0.25) is 0 Å². The number of amides is 5. The first-order valence-corrected chi connectivity index (χ1v) is 11.9. The first-order chi connectivity index (χ1) is 17.4. The number of hydrogen-bond acceptors (Lipinski definition) is 6. The molecule has 3 aliphatic heterocycles. The van der Waals surface area contributed by atoms with Crippen molar-refractivity contribution >= 4 is 29.5 Å². The maximum absolute atomic E-state index is 13.1. The first kappa shape index (κ1) is 23.7. The number of piperazine rings is 1. The van der Waals surface area contributed by atoms with Crippen LogP contribution in [0.1, 0.15) is 36.6 Å². The van der Waals surface area contributed by atoms with Crippen molar-refractivity contribution in [3.63, 3.8) is 0 Å². The molecule has 10 heteroatoms. The van der Waals surface area contributed by atoms with Gasteiger partial charge in [-0.2, -0.15) is 0 Å². The maximum Gasteiger partial charge on any atom is 0.312 e. The van der Waals surface area contributed by atoms with E-state index in [0.29, 0.717) is 61.6 Å². The minimum atomic E-state index is -0.549. The van der Waals surface area contributed by atoms with Crippen LogP contribution in [0, 0.1) is 0 Å². The number of hydrogen-bond donors (Lipinski definition) is 0. The lowest BCUT2D eigenvalue weighted by molar-refractivity contribution is -0.154. The van der Waals surface area contributed by atoms with Crippen LogP contribution >= 0.6 is 0 Å². The number of nitrogens with zero attached hydrogens (tertiary/aromatic N) is 4. The highest BCUT2D eigenvalue weighted by molar-refractivity contribution is 6.35. The van der Waals surface area contributed by atoms with Gasteiger partial charge in [-0.05, 0) is 29.8 Å². The molecule has 0 aliphatic carbocycles. The predicted molar refractivity (Wildman–Crippen MR) is 127 cm³/mol. The van der Waals surface area contributed by atoms with E-state index in [9.17, 15) is 24.0 Å². The number of imide groups is 1. The molecule has 186 valence electrons. The maximum atomic E-state index is 13.1. The zero-order valence-electron chi connectivity index (χ0n) is 19.7. The molecule has 0 unspecified atom stereocenters. The van der Waals surface area contributed by atoms with Crippen molar-refractivity contribution in [2.24, 2.45) is 0 Å². The van der Waals surface area contributed by atoms with Crippen molar-refractivity contribution in [3.05, 3.63) is 70.8 Å². The van der Waals surface area contributed by atoms with Crippen molar-refractivity contribution < 1.29 is 28.7 Å². The first-order valence-electron chi connectivity index (χ1n) is 11.9. The number of ether oxygens (including phenoxy) is 1. The van der Waals surface area contributed by atoms with Crippen LogP contribution in [-0.4, -0.2) is 102 Å². The molecule has 10 nitrogen and oxygen atoms in total. The lowest BCUT2D eigenvalue weighted by Crippen LogP contribution is -2.55. The van der Waals surface area contributed by atoms with E-state index < -0.39 is 11.8 Å². The van der Waals surface area contributed by atoms with E-state index in [-0.39, 0.29) is 37.4 Å². The van der Waals surface area contributed by atoms with Gasteiger partial charge in [0.1, 0.15) is 0 Å². The Morgan fingerprint density at radius 2 is 1.25 bits per heavy atom. The Morgan fingerprint density at radius 3 is 1.86 bits per heavy atom. The second-order valence-electron chi connectivity index (χ2n) is 8.93. The van der Waals surface area contributed by atoms with Crippen LogP contribution < -0.4 is 0 Å². The van der Waals surface area contributed by atoms with Gasteiger partial charge in [-0.1, -0.05) is 24.3 Å². The van der Waals surface area contributed by atoms with Crippen LogP contribution in [0.15, 0.2) is 48.5 Å². The highest BCUT2D eigenvalue weighted by Crippen LogP contribution is 2.24. The molecule has 0 atom stereocenters. The lowest BCUT2D eigenvalue weighted by Gasteiger charge is -2.36. The summed E-state index contributed by atoms with van der Waals surface area (Å²) in [6, 6.07) is 13.6. The third kappa shape index (κ3) is 4.47. The zero-order valence-corrected chi connectivity index (χ0v) is 19.7. The van der Waals surface area contributed by atoms with E-state index in [0.717, 1.165) is 0 Å². The number of carbonyl (C=O) groups excluding carboxylic acids is 5. The molecule has 2 fully saturated rings. The van der Waals surface area contributed by atoms with E-state index in [1.807, 2.05) is 0 Å². The molecular weight excluding hydrogens is 464 g/mol. The molecule has 2 saturated heterocycles. The Labute approximate surface area is 208 Å².